The number of anilines is 1. The van der Waals surface area contributed by atoms with Crippen molar-refractivity contribution >= 4 is 11.4 Å². The number of para-hydroxylation sites is 1. The molecule has 1 aliphatic heterocycles. The van der Waals surface area contributed by atoms with E-state index in [1.54, 1.807) is 12.1 Å². The van der Waals surface area contributed by atoms with Crippen molar-refractivity contribution in [1.82, 2.24) is 0 Å². The van der Waals surface area contributed by atoms with Crippen LogP contribution in [0.4, 0.5) is 11.4 Å². The lowest BCUT2D eigenvalue weighted by atomic mass is 9.93. The van der Waals surface area contributed by atoms with Crippen LogP contribution in [0.3, 0.4) is 0 Å². The lowest BCUT2D eigenvalue weighted by Crippen LogP contribution is -2.09. The monoisotopic (exact) mass is 226 g/mol. The van der Waals surface area contributed by atoms with Crippen LogP contribution in [0.1, 0.15) is 5.56 Å². The van der Waals surface area contributed by atoms with E-state index >= 15 is 0 Å². The Hall–Kier alpha value is -2.36. The Morgan fingerprint density at radius 2 is 1.94 bits per heavy atom. The van der Waals surface area contributed by atoms with Crippen LogP contribution in [0.15, 0.2) is 42.5 Å². The first-order chi connectivity index (χ1) is 8.27. The molecule has 2 aromatic rings. The molecule has 17 heavy (non-hydrogen) atoms. The number of rotatable bonds is 1. The highest BCUT2D eigenvalue weighted by atomic mass is 16.6. The molecule has 84 valence electrons. The van der Waals surface area contributed by atoms with Crippen molar-refractivity contribution in [2.75, 3.05) is 5.32 Å². The second-order valence-corrected chi connectivity index (χ2v) is 3.97. The van der Waals surface area contributed by atoms with Crippen LogP contribution in [0.5, 0.6) is 0 Å². The molecule has 4 heteroatoms. The first-order valence-corrected chi connectivity index (χ1v) is 5.37. The first kappa shape index (κ1) is 9.84. The van der Waals surface area contributed by atoms with Crippen LogP contribution in [0, 0.1) is 10.1 Å². The third-order valence-corrected chi connectivity index (χ3v) is 2.99. The molecular weight excluding hydrogens is 216 g/mol. The van der Waals surface area contributed by atoms with Gasteiger partial charge in [-0.05, 0) is 11.6 Å². The summed E-state index contributed by atoms with van der Waals surface area (Å²) < 4.78 is 0. The number of hydrogen-bond acceptors (Lipinski definition) is 3. The van der Waals surface area contributed by atoms with Gasteiger partial charge in [0.1, 0.15) is 0 Å². The smallest absolute Gasteiger partial charge is 0.277 e. The predicted molar refractivity (Wildman–Crippen MR) is 65.9 cm³/mol. The molecule has 3 rings (SSSR count). The highest BCUT2D eigenvalue weighted by Gasteiger charge is 2.23. The molecule has 1 heterocycles. The van der Waals surface area contributed by atoms with Crippen molar-refractivity contribution in [1.29, 1.82) is 0 Å². The fraction of sp³-hybridized carbons (Fsp3) is 0.0769. The molecule has 0 aliphatic carbocycles. The van der Waals surface area contributed by atoms with Gasteiger partial charge in [0.25, 0.3) is 5.69 Å². The van der Waals surface area contributed by atoms with Crippen LogP contribution in [-0.2, 0) is 6.54 Å². The number of nitrogens with zero attached hydrogens (tertiary/aromatic N) is 1. The van der Waals surface area contributed by atoms with Gasteiger partial charge in [-0.2, -0.15) is 0 Å². The molecule has 4 nitrogen and oxygen atoms in total. The zero-order valence-corrected chi connectivity index (χ0v) is 9.01. The number of benzene rings is 2. The van der Waals surface area contributed by atoms with E-state index in [0.717, 1.165) is 22.4 Å². The van der Waals surface area contributed by atoms with E-state index in [4.69, 9.17) is 0 Å². The number of nitro benzene ring substituents is 1. The quantitative estimate of drug-likeness (QED) is 0.600. The van der Waals surface area contributed by atoms with Gasteiger partial charge in [-0.15, -0.1) is 0 Å². The molecule has 0 amide bonds. The maximum absolute atomic E-state index is 11.1. The summed E-state index contributed by atoms with van der Waals surface area (Å²) >= 11 is 0. The molecule has 0 radical (unpaired) electrons. The van der Waals surface area contributed by atoms with Crippen LogP contribution in [0.2, 0.25) is 0 Å². The Morgan fingerprint density at radius 3 is 2.76 bits per heavy atom. The summed E-state index contributed by atoms with van der Waals surface area (Å²) in [5.74, 6) is 0. The van der Waals surface area contributed by atoms with Crippen LogP contribution in [0.25, 0.3) is 11.1 Å². The Kier molecular flexibility index (Phi) is 2.08. The molecule has 2 aromatic carbocycles. The van der Waals surface area contributed by atoms with E-state index < -0.39 is 0 Å². The topological polar surface area (TPSA) is 55.2 Å². The standard InChI is InChI=1S/C13H10N2O2/c16-15(17)12-7-3-4-9-8-14-11-6-2-1-5-10(11)13(9)12/h1-7,14H,8H2. The molecule has 0 bridgehead atoms. The third kappa shape index (κ3) is 1.45. The van der Waals surface area contributed by atoms with Gasteiger partial charge in [0, 0.05) is 23.9 Å². The van der Waals surface area contributed by atoms with Crippen molar-refractivity contribution < 1.29 is 4.92 Å². The number of nitro groups is 1. The lowest BCUT2D eigenvalue weighted by molar-refractivity contribution is -0.384. The normalized spacial score (nSPS) is 12.2. The zero-order valence-electron chi connectivity index (χ0n) is 9.01. The summed E-state index contributed by atoms with van der Waals surface area (Å²) in [5.41, 5.74) is 3.75. The van der Waals surface area contributed by atoms with Gasteiger partial charge in [0.2, 0.25) is 0 Å². The SMILES string of the molecule is O=[N+]([O-])c1cccc2c1-c1ccccc1NC2. The second kappa shape index (κ2) is 3.59. The highest BCUT2D eigenvalue weighted by molar-refractivity contribution is 5.88. The van der Waals surface area contributed by atoms with Crippen molar-refractivity contribution in [3.05, 3.63) is 58.1 Å². The van der Waals surface area contributed by atoms with Gasteiger partial charge in [0.15, 0.2) is 0 Å². The number of nitrogens with one attached hydrogen (secondary N) is 1. The molecule has 0 unspecified atom stereocenters. The van der Waals surface area contributed by atoms with Crippen molar-refractivity contribution in [3.8, 4) is 11.1 Å². The number of hydrogen-bond donors (Lipinski definition) is 1. The first-order valence-electron chi connectivity index (χ1n) is 5.37. The van der Waals surface area contributed by atoms with E-state index in [9.17, 15) is 10.1 Å². The second-order valence-electron chi connectivity index (χ2n) is 3.97. The molecule has 0 saturated carbocycles. The van der Waals surface area contributed by atoms with Gasteiger partial charge in [-0.1, -0.05) is 30.3 Å². The molecule has 1 N–H and O–H groups in total. The predicted octanol–water partition coefficient (Wildman–Crippen LogP) is 3.19. The van der Waals surface area contributed by atoms with Crippen LogP contribution < -0.4 is 5.32 Å². The van der Waals surface area contributed by atoms with Crippen LogP contribution in [-0.4, -0.2) is 4.92 Å². The maximum Gasteiger partial charge on any atom is 0.277 e. The zero-order chi connectivity index (χ0) is 11.8. The van der Waals surface area contributed by atoms with Gasteiger partial charge in [-0.3, -0.25) is 10.1 Å². The largest absolute Gasteiger partial charge is 0.380 e. The van der Waals surface area contributed by atoms with E-state index in [2.05, 4.69) is 5.32 Å². The molecule has 0 saturated heterocycles. The minimum atomic E-state index is -0.319. The molecule has 0 spiro atoms. The summed E-state index contributed by atoms with van der Waals surface area (Å²) in [6, 6.07) is 12.9. The third-order valence-electron chi connectivity index (χ3n) is 2.99. The van der Waals surface area contributed by atoms with Gasteiger partial charge < -0.3 is 5.32 Å². The summed E-state index contributed by atoms with van der Waals surface area (Å²) in [4.78, 5) is 10.7. The van der Waals surface area contributed by atoms with E-state index in [1.807, 2.05) is 30.3 Å². The average molecular weight is 226 g/mol. The van der Waals surface area contributed by atoms with E-state index in [-0.39, 0.29) is 10.6 Å². The van der Waals surface area contributed by atoms with Crippen molar-refractivity contribution in [2.45, 2.75) is 6.54 Å². The van der Waals surface area contributed by atoms with Crippen LogP contribution >= 0.6 is 0 Å². The van der Waals surface area contributed by atoms with Gasteiger partial charge >= 0.3 is 0 Å². The Morgan fingerprint density at radius 1 is 1.12 bits per heavy atom. The molecule has 0 aromatic heterocycles. The fourth-order valence-corrected chi connectivity index (χ4v) is 2.24. The van der Waals surface area contributed by atoms with E-state index in [1.165, 1.54) is 0 Å². The Bertz CT molecular complexity index is 608. The van der Waals surface area contributed by atoms with Gasteiger partial charge in [0.05, 0.1) is 10.5 Å². The van der Waals surface area contributed by atoms with Gasteiger partial charge in [-0.25, -0.2) is 0 Å². The fourth-order valence-electron chi connectivity index (χ4n) is 2.24. The van der Waals surface area contributed by atoms with E-state index in [0.29, 0.717) is 6.54 Å². The average Bonchev–Trinajstić information content (AvgIpc) is 2.37. The Labute approximate surface area is 98.1 Å². The Balaban J connectivity index is 2.33. The molecule has 1 aliphatic rings. The highest BCUT2D eigenvalue weighted by Crippen LogP contribution is 2.40. The molecule has 0 atom stereocenters. The summed E-state index contributed by atoms with van der Waals surface area (Å²) in [7, 11) is 0. The minimum Gasteiger partial charge on any atom is -0.380 e. The number of fused-ring (bicyclic) bond motifs is 3. The van der Waals surface area contributed by atoms with Crippen molar-refractivity contribution in [3.63, 3.8) is 0 Å². The van der Waals surface area contributed by atoms with Crippen molar-refractivity contribution in [2.24, 2.45) is 0 Å². The summed E-state index contributed by atoms with van der Waals surface area (Å²) in [6.45, 7) is 0.633. The molecular formula is C13H10N2O2. The lowest BCUT2D eigenvalue weighted by Gasteiger charge is -2.20. The maximum atomic E-state index is 11.1. The molecule has 0 fully saturated rings. The summed E-state index contributed by atoms with van der Waals surface area (Å²) in [5, 5.41) is 14.3. The summed E-state index contributed by atoms with van der Waals surface area (Å²) in [6.07, 6.45) is 0. The minimum absolute atomic E-state index is 0.177.